The van der Waals surface area contributed by atoms with Gasteiger partial charge in [-0.25, -0.2) is 0 Å². The number of hydrogen-bond acceptors (Lipinski definition) is 5. The molecule has 2 aromatic rings. The molecule has 0 aliphatic heterocycles. The van der Waals surface area contributed by atoms with Crippen molar-refractivity contribution in [1.82, 2.24) is 9.36 Å². The summed E-state index contributed by atoms with van der Waals surface area (Å²) < 4.78 is 4.85. The lowest BCUT2D eigenvalue weighted by Crippen LogP contribution is -1.91. The van der Waals surface area contributed by atoms with Gasteiger partial charge in [-0.1, -0.05) is 12.1 Å². The number of aromatic nitrogens is 2. The second kappa shape index (κ2) is 3.93. The Morgan fingerprint density at radius 1 is 1.36 bits per heavy atom. The Morgan fingerprint density at radius 2 is 2.14 bits per heavy atom. The molecule has 0 amide bonds. The molecule has 1 aromatic carbocycles. The molecule has 14 heavy (non-hydrogen) atoms. The fourth-order valence-electron chi connectivity index (χ4n) is 0.963. The Kier molecular flexibility index (Phi) is 2.64. The molecule has 1 heterocycles. The van der Waals surface area contributed by atoms with Crippen LogP contribution in [0.5, 0.6) is 0 Å². The van der Waals surface area contributed by atoms with Crippen LogP contribution in [0.2, 0.25) is 0 Å². The molecule has 2 rings (SSSR count). The van der Waals surface area contributed by atoms with E-state index in [1.54, 1.807) is 0 Å². The van der Waals surface area contributed by atoms with E-state index < -0.39 is 0 Å². The quantitative estimate of drug-likeness (QED) is 0.881. The van der Waals surface area contributed by atoms with E-state index >= 15 is 0 Å². The number of rotatable bonds is 2. The van der Waals surface area contributed by atoms with Crippen molar-refractivity contribution in [3.8, 4) is 0 Å². The first-order valence-corrected chi connectivity index (χ1v) is 5.43. The molecule has 0 aliphatic carbocycles. The highest BCUT2D eigenvalue weighted by molar-refractivity contribution is 9.10. The van der Waals surface area contributed by atoms with Crippen LogP contribution in [0.25, 0.3) is 0 Å². The smallest absolute Gasteiger partial charge is 0.233 e. The molecule has 0 saturated carbocycles. The van der Waals surface area contributed by atoms with E-state index in [1.807, 2.05) is 24.3 Å². The van der Waals surface area contributed by atoms with E-state index in [0.717, 1.165) is 10.2 Å². The van der Waals surface area contributed by atoms with Gasteiger partial charge in [0.1, 0.15) is 0 Å². The van der Waals surface area contributed by atoms with Crippen LogP contribution in [0.15, 0.2) is 28.7 Å². The zero-order valence-electron chi connectivity index (χ0n) is 7.07. The number of nitrogen functional groups attached to an aromatic ring is 1. The lowest BCUT2D eigenvalue weighted by Gasteiger charge is -2.03. The first-order valence-electron chi connectivity index (χ1n) is 3.86. The summed E-state index contributed by atoms with van der Waals surface area (Å²) in [4.78, 5) is 4.00. The Balaban J connectivity index is 2.23. The Morgan fingerprint density at radius 3 is 2.79 bits per heavy atom. The molecule has 0 aliphatic rings. The van der Waals surface area contributed by atoms with Crippen LogP contribution in [-0.4, -0.2) is 9.36 Å². The van der Waals surface area contributed by atoms with E-state index in [-0.39, 0.29) is 0 Å². The van der Waals surface area contributed by atoms with E-state index in [9.17, 15) is 0 Å². The fourth-order valence-corrected chi connectivity index (χ4v) is 1.86. The minimum absolute atomic E-state index is 0.296. The molecule has 1 aromatic heterocycles. The monoisotopic (exact) mass is 270 g/mol. The van der Waals surface area contributed by atoms with Gasteiger partial charge in [-0.2, -0.15) is 9.36 Å². The number of nitrogens with zero attached hydrogens (tertiary/aromatic N) is 2. The number of nitrogens with one attached hydrogen (secondary N) is 1. The molecule has 0 radical (unpaired) electrons. The van der Waals surface area contributed by atoms with Gasteiger partial charge in [0.05, 0.1) is 5.69 Å². The molecule has 0 bridgehead atoms. The molecule has 4 nitrogen and oxygen atoms in total. The normalized spacial score (nSPS) is 10.1. The summed E-state index contributed by atoms with van der Waals surface area (Å²) in [5, 5.41) is 3.80. The summed E-state index contributed by atoms with van der Waals surface area (Å²) in [6.45, 7) is 0. The van der Waals surface area contributed by atoms with Gasteiger partial charge < -0.3 is 11.1 Å². The van der Waals surface area contributed by atoms with Crippen LogP contribution >= 0.6 is 27.5 Å². The lowest BCUT2D eigenvalue weighted by molar-refractivity contribution is 1.33. The summed E-state index contributed by atoms with van der Waals surface area (Å²) in [7, 11) is 0. The summed E-state index contributed by atoms with van der Waals surface area (Å²) in [6.07, 6.45) is 0. The number of anilines is 3. The van der Waals surface area contributed by atoms with Crippen molar-refractivity contribution >= 4 is 44.2 Å². The molecular formula is C8H7BrN4S. The van der Waals surface area contributed by atoms with Crippen LogP contribution in [0.4, 0.5) is 16.8 Å². The summed E-state index contributed by atoms with van der Waals surface area (Å²) in [5.74, 6) is 0.296. The Bertz CT molecular complexity index is 442. The fraction of sp³-hybridized carbons (Fsp3) is 0. The molecule has 6 heteroatoms. The number of halogens is 1. The number of para-hydroxylation sites is 1. The Labute approximate surface area is 93.5 Å². The molecule has 0 saturated heterocycles. The van der Waals surface area contributed by atoms with Crippen LogP contribution in [0, 0.1) is 0 Å². The highest BCUT2D eigenvalue weighted by Crippen LogP contribution is 2.26. The second-order valence-electron chi connectivity index (χ2n) is 2.56. The highest BCUT2D eigenvalue weighted by Gasteiger charge is 2.02. The average molecular weight is 271 g/mol. The third-order valence-electron chi connectivity index (χ3n) is 1.56. The van der Waals surface area contributed by atoms with Crippen LogP contribution in [-0.2, 0) is 0 Å². The lowest BCUT2D eigenvalue weighted by atomic mass is 10.3. The van der Waals surface area contributed by atoms with Gasteiger partial charge in [0.2, 0.25) is 11.1 Å². The maximum Gasteiger partial charge on any atom is 0.233 e. The van der Waals surface area contributed by atoms with Crippen molar-refractivity contribution in [2.45, 2.75) is 0 Å². The molecule has 0 unspecified atom stereocenters. The number of nitrogens with two attached hydrogens (primary N) is 1. The molecule has 0 fully saturated rings. The van der Waals surface area contributed by atoms with Crippen molar-refractivity contribution in [1.29, 1.82) is 0 Å². The maximum absolute atomic E-state index is 5.41. The van der Waals surface area contributed by atoms with Gasteiger partial charge in [0, 0.05) is 16.0 Å². The third kappa shape index (κ3) is 2.02. The van der Waals surface area contributed by atoms with Gasteiger partial charge in [0.25, 0.3) is 0 Å². The van der Waals surface area contributed by atoms with E-state index in [4.69, 9.17) is 5.73 Å². The molecular weight excluding hydrogens is 264 g/mol. The summed E-state index contributed by atoms with van der Waals surface area (Å²) >= 11 is 4.66. The molecule has 3 N–H and O–H groups in total. The van der Waals surface area contributed by atoms with Gasteiger partial charge in [-0.15, -0.1) is 0 Å². The number of hydrogen-bond donors (Lipinski definition) is 2. The topological polar surface area (TPSA) is 63.8 Å². The van der Waals surface area contributed by atoms with Crippen molar-refractivity contribution in [2.75, 3.05) is 11.1 Å². The van der Waals surface area contributed by atoms with Crippen LogP contribution in [0.1, 0.15) is 0 Å². The van der Waals surface area contributed by atoms with Gasteiger partial charge in [-0.05, 0) is 28.1 Å². The summed E-state index contributed by atoms with van der Waals surface area (Å²) in [5.41, 5.74) is 6.35. The maximum atomic E-state index is 5.41. The van der Waals surface area contributed by atoms with Crippen LogP contribution < -0.4 is 11.1 Å². The molecule has 0 atom stereocenters. The van der Waals surface area contributed by atoms with Crippen molar-refractivity contribution < 1.29 is 0 Å². The van der Waals surface area contributed by atoms with Gasteiger partial charge in [0.15, 0.2) is 0 Å². The van der Waals surface area contributed by atoms with Crippen LogP contribution in [0.3, 0.4) is 0 Å². The zero-order chi connectivity index (χ0) is 9.97. The molecule has 0 spiro atoms. The minimum Gasteiger partial charge on any atom is -0.367 e. The van der Waals surface area contributed by atoms with Crippen molar-refractivity contribution in [3.05, 3.63) is 28.7 Å². The third-order valence-corrected chi connectivity index (χ3v) is 2.89. The van der Waals surface area contributed by atoms with Gasteiger partial charge in [-0.3, -0.25) is 0 Å². The predicted molar refractivity (Wildman–Crippen MR) is 61.7 cm³/mol. The highest BCUT2D eigenvalue weighted by atomic mass is 79.9. The predicted octanol–water partition coefficient (Wildman–Crippen LogP) is 2.63. The Hall–Kier alpha value is -1.14. The van der Waals surface area contributed by atoms with E-state index in [2.05, 4.69) is 30.6 Å². The van der Waals surface area contributed by atoms with Gasteiger partial charge >= 0.3 is 0 Å². The second-order valence-corrected chi connectivity index (χ2v) is 4.17. The van der Waals surface area contributed by atoms with E-state index in [0.29, 0.717) is 11.1 Å². The standard InChI is InChI=1S/C8H7BrN4S/c9-5-3-1-2-4-6(5)11-8-12-7(10)13-14-8/h1-4H,(H3,10,11,12,13). The average Bonchev–Trinajstić information content (AvgIpc) is 2.56. The minimum atomic E-state index is 0.296. The first-order chi connectivity index (χ1) is 6.75. The van der Waals surface area contributed by atoms with E-state index in [1.165, 1.54) is 11.5 Å². The number of benzene rings is 1. The molecule has 72 valence electrons. The van der Waals surface area contributed by atoms with Crippen molar-refractivity contribution in [2.24, 2.45) is 0 Å². The largest absolute Gasteiger partial charge is 0.367 e. The summed E-state index contributed by atoms with van der Waals surface area (Å²) in [6, 6.07) is 7.79. The zero-order valence-corrected chi connectivity index (χ0v) is 9.47. The van der Waals surface area contributed by atoms with Crippen molar-refractivity contribution in [3.63, 3.8) is 0 Å². The first kappa shape index (κ1) is 9.42. The SMILES string of the molecule is Nc1nsc(Nc2ccccc2Br)n1.